The van der Waals surface area contributed by atoms with Crippen molar-refractivity contribution in [1.29, 1.82) is 0 Å². The summed E-state index contributed by atoms with van der Waals surface area (Å²) in [7, 11) is 0. The van der Waals surface area contributed by atoms with Gasteiger partial charge in [0.05, 0.1) is 122 Å². The van der Waals surface area contributed by atoms with E-state index in [2.05, 4.69) is 36.6 Å². The Morgan fingerprint density at radius 1 is 0.425 bits per heavy atom. The highest BCUT2D eigenvalue weighted by atomic mass is 16.7. The van der Waals surface area contributed by atoms with Crippen molar-refractivity contribution in [3.05, 3.63) is 65.2 Å². The number of aromatic amines is 4. The zero-order chi connectivity index (χ0) is 106. The van der Waals surface area contributed by atoms with Crippen molar-refractivity contribution in [2.24, 2.45) is 35.1 Å². The summed E-state index contributed by atoms with van der Waals surface area (Å²) in [6, 6.07) is -4.62. The van der Waals surface area contributed by atoms with Gasteiger partial charge in [0.15, 0.2) is 30.6 Å². The zero-order valence-corrected chi connectivity index (χ0v) is 81.9. The van der Waals surface area contributed by atoms with E-state index in [4.69, 9.17) is 87.3 Å². The van der Waals surface area contributed by atoms with Crippen molar-refractivity contribution in [2.75, 3.05) is 125 Å². The number of hydrogen-bond acceptors (Lipinski definition) is 42. The largest absolute Gasteiger partial charge is 0.479 e. The molecule has 146 heavy (non-hydrogen) atoms. The van der Waals surface area contributed by atoms with Crippen LogP contribution in [0.1, 0.15) is 176 Å². The van der Waals surface area contributed by atoms with Crippen LogP contribution in [-0.4, -0.2) is 436 Å². The third kappa shape index (κ3) is 36.1. The molecule has 53 heteroatoms. The van der Waals surface area contributed by atoms with Crippen molar-refractivity contribution < 1.29 is 185 Å². The Balaban J connectivity index is 0.748. The maximum Gasteiger partial charge on any atom is 0.332 e. The van der Waals surface area contributed by atoms with E-state index >= 15 is 0 Å². The minimum Gasteiger partial charge on any atom is -0.479 e. The number of carbonyl (C=O) groups excluding carboxylic acids is 8. The molecule has 2 aromatic heterocycles. The number of Topliss-reactive ketones (excluding diaryl/α,β-unsaturated/α-hetero) is 3. The van der Waals surface area contributed by atoms with Crippen LogP contribution < -0.4 is 60.5 Å². The van der Waals surface area contributed by atoms with Crippen LogP contribution in [0.3, 0.4) is 0 Å². The number of carbonyl (C=O) groups is 10. The van der Waals surface area contributed by atoms with Crippen LogP contribution in [0.15, 0.2) is 31.3 Å². The molecular weight excluding hydrogens is 1940 g/mol. The molecule has 30 atom stereocenters. The van der Waals surface area contributed by atoms with Crippen molar-refractivity contribution >= 4 is 58.8 Å². The second-order valence-electron chi connectivity index (χ2n) is 38.2. The van der Waals surface area contributed by atoms with E-state index < -0.39 is 323 Å². The van der Waals surface area contributed by atoms with Crippen molar-refractivity contribution in [1.82, 2.24) is 46.5 Å². The third-order valence-electron chi connectivity index (χ3n) is 27.4. The topological polar surface area (TPSA) is 805 Å². The normalized spacial score (nSPS) is 31.4. The monoisotopic (exact) mass is 2090 g/mol. The predicted octanol–water partition coefficient (Wildman–Crippen LogP) is -7.64. The van der Waals surface area contributed by atoms with Crippen LogP contribution in [0.5, 0.6) is 0 Å². The standard InChI is InChI=1S/C93H147N11O42/c1-46-74(115)80(121)76(117)65(139-46)43-137-82-53(97-86(123)55-37-68(111)103-92(129)99-55)33-50(57(108)15-9-21-131-23-19-94)35-59(82)143-90-72(84(78(119)63(40-105)145-90)141-61(88(125)126)31-48-11-5-3-6-12-48)101-67(110)18-17-52(107)42-135-29-27-133-25-26-134-28-30-136-45-71(114)96-39-70(113)102-73-85(142-62(89(127)128)32-49-13-7-4-8-14-49)79(120)64(41-106)146-91(73)144-60-36-51(58(109)16-10-22-132-24-20-95)34-54(98-87(124)56-38-69(112)104-93(130)100-56)83(60)138-44-66-77(118)81(122)75(116)47(2)140-66/h37-38,46-51,53-54,59-66,72-85,90-91,105-106,115-122H,3-36,39-45,94-95H2,1-2H3,(H,96,114)(H,97,123)(H,98,124)(H,101,110)(H,102,113)(H,125,126)(H,127,128)(H2,99,103,111,129)(H2,100,104,112,130)/t46?,47?,50?,51?,53?,54?,59-,60-,61+,62+,63+,64+,65+,66+,72?,73?,74-,75-,76?,77?,78+,79+,80+,81+,82-,83-,84?,85?,90-,91-/m1/s1. The van der Waals surface area contributed by atoms with Gasteiger partial charge in [0.1, 0.15) is 146 Å². The van der Waals surface area contributed by atoms with Gasteiger partial charge in [-0.1, -0.05) is 64.2 Å². The number of H-pyrrole nitrogens is 4. The molecule has 25 N–H and O–H groups in total. The first-order valence-electron chi connectivity index (χ1n) is 50.1. The maximum absolute atomic E-state index is 14.4. The number of amides is 5. The number of carboxylic acids is 2. The first-order chi connectivity index (χ1) is 70.0. The lowest BCUT2D eigenvalue weighted by Gasteiger charge is -2.48. The summed E-state index contributed by atoms with van der Waals surface area (Å²) in [6.45, 7) is -1.75. The van der Waals surface area contributed by atoms with E-state index in [1.165, 1.54) is 13.8 Å². The summed E-state index contributed by atoms with van der Waals surface area (Å²) >= 11 is 0. The molecule has 0 bridgehead atoms. The zero-order valence-electron chi connectivity index (χ0n) is 81.9. The summed E-state index contributed by atoms with van der Waals surface area (Å²) in [4.78, 5) is 198. The van der Waals surface area contributed by atoms with Gasteiger partial charge < -0.3 is 185 Å². The van der Waals surface area contributed by atoms with Crippen LogP contribution in [0, 0.1) is 23.7 Å². The number of aromatic nitrogens is 4. The summed E-state index contributed by atoms with van der Waals surface area (Å²) in [5.74, 6) is -11.4. The lowest BCUT2D eigenvalue weighted by Crippen LogP contribution is -2.68. The lowest BCUT2D eigenvalue weighted by atomic mass is 9.78. The average Bonchev–Trinajstić information content (AvgIpc) is 0.773. The Morgan fingerprint density at radius 2 is 0.822 bits per heavy atom. The molecule has 0 aromatic carbocycles. The molecule has 8 aliphatic rings. The van der Waals surface area contributed by atoms with Crippen molar-refractivity contribution in [2.45, 2.75) is 326 Å². The molecule has 12 unspecified atom stereocenters. The number of ketones is 3. The van der Waals surface area contributed by atoms with Gasteiger partial charge in [0.25, 0.3) is 22.9 Å². The third-order valence-corrected chi connectivity index (χ3v) is 27.4. The van der Waals surface area contributed by atoms with Crippen LogP contribution >= 0.6 is 0 Å². The Labute approximate surface area is 838 Å². The number of aliphatic hydroxyl groups excluding tert-OH is 10. The maximum atomic E-state index is 14.4. The summed E-state index contributed by atoms with van der Waals surface area (Å²) < 4.78 is 96.7. The molecule has 4 aliphatic carbocycles. The molecule has 2 aromatic rings. The van der Waals surface area contributed by atoms with Crippen LogP contribution in [-0.2, 0) is 114 Å². The molecule has 6 heterocycles. The first-order valence-corrected chi connectivity index (χ1v) is 50.1. The number of nitrogens with one attached hydrogen (secondary N) is 9. The summed E-state index contributed by atoms with van der Waals surface area (Å²) in [5.41, 5.74) is 6.15. The number of aliphatic carboxylic acids is 2. The van der Waals surface area contributed by atoms with Gasteiger partial charge in [-0.3, -0.25) is 57.9 Å². The summed E-state index contributed by atoms with van der Waals surface area (Å²) in [6.07, 6.45) is -33.1. The molecule has 826 valence electrons. The van der Waals surface area contributed by atoms with Gasteiger partial charge in [-0.2, -0.15) is 0 Å². The van der Waals surface area contributed by atoms with E-state index in [9.17, 15) is 128 Å². The minimum atomic E-state index is -1.92. The van der Waals surface area contributed by atoms with E-state index in [0.29, 0.717) is 25.7 Å². The van der Waals surface area contributed by atoms with Gasteiger partial charge in [-0.25, -0.2) is 19.2 Å². The van der Waals surface area contributed by atoms with Crippen LogP contribution in [0.2, 0.25) is 0 Å². The van der Waals surface area contributed by atoms with E-state index in [1.54, 1.807) is 0 Å². The lowest BCUT2D eigenvalue weighted by molar-refractivity contribution is -0.306. The van der Waals surface area contributed by atoms with Crippen molar-refractivity contribution in [3.63, 3.8) is 0 Å². The average molecular weight is 2090 g/mol. The highest BCUT2D eigenvalue weighted by molar-refractivity contribution is 5.93. The number of ether oxygens (including phenoxy) is 16. The molecule has 4 saturated heterocycles. The second kappa shape index (κ2) is 60.5. The highest BCUT2D eigenvalue weighted by Crippen LogP contribution is 2.41. The van der Waals surface area contributed by atoms with Gasteiger partial charge in [-0.15, -0.1) is 0 Å². The van der Waals surface area contributed by atoms with E-state index in [1.807, 2.05) is 9.97 Å². The molecule has 4 aliphatic heterocycles. The molecule has 4 saturated carbocycles. The quantitative estimate of drug-likeness (QED) is 0.0274. The fourth-order valence-electron chi connectivity index (χ4n) is 19.6. The minimum absolute atomic E-state index is 0.0119. The Hall–Kier alpha value is -8.46. The highest BCUT2D eigenvalue weighted by Gasteiger charge is 2.56. The van der Waals surface area contributed by atoms with Gasteiger partial charge in [0, 0.05) is 76.0 Å². The number of carboxylic acid groups (broad SMARTS) is 2. The fraction of sp³-hybridized carbons (Fsp3) is 0.806. The van der Waals surface area contributed by atoms with Gasteiger partial charge in [0.2, 0.25) is 17.7 Å². The van der Waals surface area contributed by atoms with Crippen LogP contribution in [0.4, 0.5) is 0 Å². The first kappa shape index (κ1) is 119. The second-order valence-corrected chi connectivity index (χ2v) is 38.2. The number of rotatable bonds is 60. The smallest absolute Gasteiger partial charge is 0.332 e. The SMILES string of the molecule is CC1O[C@@H](CO[C@@H]2C(NC(=O)c3cc(=O)[nH]c(=O)[nH]3)CC(C(=O)CCCOCCN)C[C@H]2O[C@@H]2O[C@@H](CO)[C@H](O)C(O[C@@H](CC3CCCCC3)C(=O)O)C2NC(=O)CCC(=O)COCCOCCOCCOCC(=O)NCC(=O)NC2C(O[C@@H](CC3CCCCC3)C(=O)O)[C@@H](O)[C@H](CO)O[C@H]2O[C@@H]2CC(C(=O)CCCOCCN)CC(NC(=O)c3cc(=O)[nH]c(=O)[nH]3)[C@H]2OC[C@@H]2OC(C)[C@@H](O)[C@H](O)C2O)C(O)[C@@H](O)[C@@H]1O. The Kier molecular flexibility index (Phi) is 49.5. The van der Waals surface area contributed by atoms with Crippen molar-refractivity contribution in [3.8, 4) is 0 Å². The number of aliphatic hydroxyl groups is 10. The Bertz CT molecular complexity index is 4340. The molecule has 53 nitrogen and oxygen atoms in total. The number of hydrogen-bond donors (Lipinski definition) is 23. The predicted molar refractivity (Wildman–Crippen MR) is 498 cm³/mol. The molecule has 0 spiro atoms. The molecule has 5 amide bonds. The molecule has 10 rings (SSSR count). The Morgan fingerprint density at radius 3 is 1.22 bits per heavy atom. The van der Waals surface area contributed by atoms with Gasteiger partial charge in [-0.05, 0) is 77.0 Å². The molecule has 8 fully saturated rings. The van der Waals surface area contributed by atoms with Crippen LogP contribution in [0.25, 0.3) is 0 Å². The van der Waals surface area contributed by atoms with Gasteiger partial charge >= 0.3 is 23.3 Å². The molecular formula is C93H147N11O42. The summed E-state index contributed by atoms with van der Waals surface area (Å²) in [5, 5.41) is 146. The fourth-order valence-corrected chi connectivity index (χ4v) is 19.6. The molecule has 0 radical (unpaired) electrons. The van der Waals surface area contributed by atoms with E-state index in [-0.39, 0.29) is 167 Å². The number of nitrogens with two attached hydrogens (primary N) is 2. The van der Waals surface area contributed by atoms with E-state index in [0.717, 1.165) is 50.7 Å².